The van der Waals surface area contributed by atoms with Crippen molar-refractivity contribution in [2.45, 2.75) is 12.8 Å². The van der Waals surface area contributed by atoms with E-state index < -0.39 is 0 Å². The van der Waals surface area contributed by atoms with Gasteiger partial charge < -0.3 is 4.90 Å². The van der Waals surface area contributed by atoms with Gasteiger partial charge in [0.25, 0.3) is 0 Å². The predicted octanol–water partition coefficient (Wildman–Crippen LogP) is 4.23. The molecule has 0 bridgehead atoms. The molecule has 2 aromatic rings. The van der Waals surface area contributed by atoms with Crippen LogP contribution >= 0.6 is 12.2 Å². The van der Waals surface area contributed by atoms with Crippen LogP contribution in [0, 0.1) is 0 Å². The van der Waals surface area contributed by atoms with Gasteiger partial charge in [-0.25, -0.2) is 0 Å². The highest BCUT2D eigenvalue weighted by atomic mass is 32.1. The van der Waals surface area contributed by atoms with Gasteiger partial charge in [0.05, 0.1) is 4.99 Å². The number of likely N-dealkylation sites (N-methyl/N-ethyl adjacent to an activating group) is 1. The molecule has 2 heteroatoms. The van der Waals surface area contributed by atoms with Crippen molar-refractivity contribution in [1.82, 2.24) is 0 Å². The van der Waals surface area contributed by atoms with E-state index in [1.165, 1.54) is 22.4 Å². The van der Waals surface area contributed by atoms with Crippen LogP contribution < -0.4 is 4.90 Å². The van der Waals surface area contributed by atoms with E-state index in [0.717, 1.165) is 4.99 Å². The van der Waals surface area contributed by atoms with Crippen molar-refractivity contribution in [2.24, 2.45) is 0 Å². The van der Waals surface area contributed by atoms with Crippen LogP contribution in [0.5, 0.6) is 0 Å². The highest BCUT2D eigenvalue weighted by Crippen LogP contribution is 2.40. The van der Waals surface area contributed by atoms with Gasteiger partial charge in [0, 0.05) is 24.2 Å². The first-order valence-electron chi connectivity index (χ1n) is 6.16. The fraction of sp³-hybridized carbons (Fsp3) is 0.188. The molecular formula is C16H15NS. The zero-order valence-electron chi connectivity index (χ0n) is 10.6. The highest BCUT2D eigenvalue weighted by molar-refractivity contribution is 7.80. The average Bonchev–Trinajstić information content (AvgIpc) is 2.51. The number of fused-ring (bicyclic) bond motifs is 3. The molecule has 0 aliphatic carbocycles. The van der Waals surface area contributed by atoms with Crippen LogP contribution in [-0.4, -0.2) is 12.0 Å². The summed E-state index contributed by atoms with van der Waals surface area (Å²) < 4.78 is 0. The van der Waals surface area contributed by atoms with Gasteiger partial charge in [0.2, 0.25) is 0 Å². The molecule has 18 heavy (non-hydrogen) atoms. The Labute approximate surface area is 113 Å². The number of anilines is 1. The summed E-state index contributed by atoms with van der Waals surface area (Å²) in [5.41, 5.74) is 5.08. The summed E-state index contributed by atoms with van der Waals surface area (Å²) in [7, 11) is 2.06. The minimum atomic E-state index is 0.272. The monoisotopic (exact) mass is 253 g/mol. The van der Waals surface area contributed by atoms with Crippen molar-refractivity contribution in [3.63, 3.8) is 0 Å². The van der Waals surface area contributed by atoms with Gasteiger partial charge in [-0.2, -0.15) is 0 Å². The first-order valence-corrected chi connectivity index (χ1v) is 6.57. The van der Waals surface area contributed by atoms with Crippen LogP contribution in [0.25, 0.3) is 11.1 Å². The molecule has 1 aliphatic heterocycles. The van der Waals surface area contributed by atoms with Crippen molar-refractivity contribution in [3.05, 3.63) is 54.1 Å². The Kier molecular flexibility index (Phi) is 2.67. The van der Waals surface area contributed by atoms with Gasteiger partial charge in [-0.05, 0) is 17.2 Å². The first-order chi connectivity index (χ1) is 8.70. The summed E-state index contributed by atoms with van der Waals surface area (Å²) in [6, 6.07) is 17.0. The Morgan fingerprint density at radius 1 is 0.944 bits per heavy atom. The third-order valence-corrected chi connectivity index (χ3v) is 4.31. The van der Waals surface area contributed by atoms with E-state index in [1.807, 2.05) is 0 Å². The van der Waals surface area contributed by atoms with Gasteiger partial charge in [-0.15, -0.1) is 0 Å². The Bertz CT molecular complexity index is 564. The molecule has 90 valence electrons. The molecule has 1 heterocycles. The molecule has 0 aromatic heterocycles. The van der Waals surface area contributed by atoms with Crippen LogP contribution in [0.4, 0.5) is 5.69 Å². The summed E-state index contributed by atoms with van der Waals surface area (Å²) in [6.45, 7) is 2.18. The highest BCUT2D eigenvalue weighted by Gasteiger charge is 2.25. The molecule has 1 atom stereocenters. The van der Waals surface area contributed by atoms with E-state index in [4.69, 9.17) is 12.2 Å². The molecule has 1 aliphatic rings. The molecule has 3 rings (SSSR count). The Balaban J connectivity index is 2.36. The lowest BCUT2D eigenvalue weighted by Crippen LogP contribution is -2.27. The van der Waals surface area contributed by atoms with Gasteiger partial charge in [0.15, 0.2) is 0 Å². The van der Waals surface area contributed by atoms with Crippen LogP contribution in [-0.2, 0) is 0 Å². The van der Waals surface area contributed by atoms with Crippen molar-refractivity contribution >= 4 is 22.9 Å². The maximum Gasteiger partial charge on any atom is 0.0894 e. The van der Waals surface area contributed by atoms with Crippen LogP contribution in [0.1, 0.15) is 18.4 Å². The second kappa shape index (κ2) is 4.21. The Morgan fingerprint density at radius 3 is 2.33 bits per heavy atom. The summed E-state index contributed by atoms with van der Waals surface area (Å²) in [5.74, 6) is 0.272. The molecular weight excluding hydrogens is 238 g/mol. The lowest BCUT2D eigenvalue weighted by molar-refractivity contribution is 1.02. The van der Waals surface area contributed by atoms with Crippen molar-refractivity contribution < 1.29 is 0 Å². The van der Waals surface area contributed by atoms with E-state index in [9.17, 15) is 0 Å². The van der Waals surface area contributed by atoms with Crippen molar-refractivity contribution in [2.75, 3.05) is 11.9 Å². The standard InChI is InChI=1S/C16H15NS/c1-11-12-7-3-4-8-13(12)14-9-5-6-10-15(14)17(2)16(11)18/h3-11H,1-2H3. The van der Waals surface area contributed by atoms with Crippen LogP contribution in [0.15, 0.2) is 48.5 Å². The number of nitrogens with zero attached hydrogens (tertiary/aromatic N) is 1. The van der Waals surface area contributed by atoms with Crippen LogP contribution in [0.2, 0.25) is 0 Å². The smallest absolute Gasteiger partial charge is 0.0894 e. The molecule has 0 radical (unpaired) electrons. The molecule has 0 N–H and O–H groups in total. The van der Waals surface area contributed by atoms with Gasteiger partial charge >= 0.3 is 0 Å². The molecule has 1 nitrogen and oxygen atoms in total. The van der Waals surface area contributed by atoms with E-state index in [0.29, 0.717) is 0 Å². The largest absolute Gasteiger partial charge is 0.338 e. The zero-order chi connectivity index (χ0) is 12.7. The zero-order valence-corrected chi connectivity index (χ0v) is 11.4. The number of hydrogen-bond acceptors (Lipinski definition) is 1. The van der Waals surface area contributed by atoms with E-state index in [1.54, 1.807) is 0 Å². The van der Waals surface area contributed by atoms with Crippen molar-refractivity contribution in [1.29, 1.82) is 0 Å². The normalized spacial score (nSPS) is 18.0. The maximum absolute atomic E-state index is 5.62. The van der Waals surface area contributed by atoms with Gasteiger partial charge in [0.1, 0.15) is 0 Å². The number of hydrogen-bond donors (Lipinski definition) is 0. The maximum atomic E-state index is 5.62. The number of benzene rings is 2. The van der Waals surface area contributed by atoms with Crippen LogP contribution in [0.3, 0.4) is 0 Å². The number of thiocarbonyl (C=S) groups is 1. The Hall–Kier alpha value is -1.67. The molecule has 0 saturated heterocycles. The number of para-hydroxylation sites is 1. The summed E-state index contributed by atoms with van der Waals surface area (Å²) >= 11 is 5.62. The van der Waals surface area contributed by atoms with Gasteiger partial charge in [-0.3, -0.25) is 0 Å². The summed E-state index contributed by atoms with van der Waals surface area (Å²) in [4.78, 5) is 3.11. The summed E-state index contributed by atoms with van der Waals surface area (Å²) in [6.07, 6.45) is 0. The second-order valence-electron chi connectivity index (χ2n) is 4.72. The van der Waals surface area contributed by atoms with E-state index in [2.05, 4.69) is 67.4 Å². The molecule has 0 spiro atoms. The second-order valence-corrected chi connectivity index (χ2v) is 5.14. The molecule has 0 amide bonds. The fourth-order valence-electron chi connectivity index (χ4n) is 2.66. The van der Waals surface area contributed by atoms with E-state index in [-0.39, 0.29) is 5.92 Å². The average molecular weight is 253 g/mol. The molecule has 2 aromatic carbocycles. The summed E-state index contributed by atoms with van der Waals surface area (Å²) in [5, 5.41) is 0. The minimum Gasteiger partial charge on any atom is -0.338 e. The fourth-order valence-corrected chi connectivity index (χ4v) is 2.88. The number of rotatable bonds is 0. The minimum absolute atomic E-state index is 0.272. The SMILES string of the molecule is CC1C(=S)N(C)c2ccccc2-c2ccccc21. The quantitative estimate of drug-likeness (QED) is 0.646. The third kappa shape index (κ3) is 1.57. The van der Waals surface area contributed by atoms with Gasteiger partial charge in [-0.1, -0.05) is 61.6 Å². The third-order valence-electron chi connectivity index (χ3n) is 3.68. The Morgan fingerprint density at radius 2 is 1.56 bits per heavy atom. The molecule has 1 unspecified atom stereocenters. The molecule has 0 saturated carbocycles. The topological polar surface area (TPSA) is 3.24 Å². The lowest BCUT2D eigenvalue weighted by atomic mass is 9.93. The predicted molar refractivity (Wildman–Crippen MR) is 81.3 cm³/mol. The first kappa shape index (κ1) is 11.4. The lowest BCUT2D eigenvalue weighted by Gasteiger charge is -2.22. The molecule has 0 fully saturated rings. The van der Waals surface area contributed by atoms with Crippen molar-refractivity contribution in [3.8, 4) is 11.1 Å². The van der Waals surface area contributed by atoms with E-state index >= 15 is 0 Å².